The number of hydrogen-bond donors (Lipinski definition) is 1. The van der Waals surface area contributed by atoms with Crippen LogP contribution in [0.5, 0.6) is 0 Å². The molecule has 108 valence electrons. The Morgan fingerprint density at radius 2 is 2.21 bits per heavy atom. The minimum Gasteiger partial charge on any atom is -0.340 e. The Bertz CT molecular complexity index is 314. The van der Waals surface area contributed by atoms with Crippen molar-refractivity contribution in [3.8, 4) is 0 Å². The van der Waals surface area contributed by atoms with Crippen LogP contribution in [-0.2, 0) is 4.79 Å². The highest BCUT2D eigenvalue weighted by molar-refractivity contribution is 5.76. The van der Waals surface area contributed by atoms with Gasteiger partial charge in [-0.2, -0.15) is 0 Å². The molecule has 1 amide bonds. The summed E-state index contributed by atoms with van der Waals surface area (Å²) < 4.78 is 0. The number of allylic oxidation sites excluding steroid dienone is 2. The number of likely N-dealkylation sites (tertiary alicyclic amines) is 1. The van der Waals surface area contributed by atoms with Crippen LogP contribution in [0, 0.1) is 5.92 Å². The SMILES string of the molecule is C[C@@H]1CCCCN1C(=O)CCNC[C@@H]1CC=CCC1. The average molecular weight is 264 g/mol. The highest BCUT2D eigenvalue weighted by atomic mass is 16.2. The molecular weight excluding hydrogens is 236 g/mol. The highest BCUT2D eigenvalue weighted by Crippen LogP contribution is 2.18. The molecule has 1 fully saturated rings. The largest absolute Gasteiger partial charge is 0.340 e. The molecule has 1 N–H and O–H groups in total. The molecule has 19 heavy (non-hydrogen) atoms. The molecule has 3 heteroatoms. The van der Waals surface area contributed by atoms with E-state index < -0.39 is 0 Å². The number of rotatable bonds is 5. The Hall–Kier alpha value is -0.830. The van der Waals surface area contributed by atoms with Crippen molar-refractivity contribution in [2.45, 2.75) is 57.9 Å². The van der Waals surface area contributed by atoms with Crippen molar-refractivity contribution < 1.29 is 4.79 Å². The molecule has 1 heterocycles. The number of piperidine rings is 1. The summed E-state index contributed by atoms with van der Waals surface area (Å²) in [5.74, 6) is 1.11. The number of amides is 1. The van der Waals surface area contributed by atoms with Gasteiger partial charge in [0.15, 0.2) is 0 Å². The Labute approximate surface area is 117 Å². The molecule has 0 saturated carbocycles. The topological polar surface area (TPSA) is 32.3 Å². The number of hydrogen-bond acceptors (Lipinski definition) is 2. The van der Waals surface area contributed by atoms with Crippen LogP contribution in [0.15, 0.2) is 12.2 Å². The van der Waals surface area contributed by atoms with E-state index in [2.05, 4.69) is 29.3 Å². The maximum absolute atomic E-state index is 12.1. The van der Waals surface area contributed by atoms with Crippen molar-refractivity contribution in [1.29, 1.82) is 0 Å². The Balaban J connectivity index is 1.59. The zero-order valence-electron chi connectivity index (χ0n) is 12.2. The zero-order valence-corrected chi connectivity index (χ0v) is 12.2. The van der Waals surface area contributed by atoms with Crippen molar-refractivity contribution in [1.82, 2.24) is 10.2 Å². The Morgan fingerprint density at radius 3 is 2.95 bits per heavy atom. The summed E-state index contributed by atoms with van der Waals surface area (Å²) in [6, 6.07) is 0.449. The summed E-state index contributed by atoms with van der Waals surface area (Å²) in [7, 11) is 0. The normalized spacial score (nSPS) is 27.5. The van der Waals surface area contributed by atoms with Gasteiger partial charge in [-0.15, -0.1) is 0 Å². The van der Waals surface area contributed by atoms with Gasteiger partial charge in [0.2, 0.25) is 5.91 Å². The average Bonchev–Trinajstić information content (AvgIpc) is 2.45. The van der Waals surface area contributed by atoms with E-state index in [0.29, 0.717) is 18.4 Å². The van der Waals surface area contributed by atoms with Crippen LogP contribution in [0.3, 0.4) is 0 Å². The second kappa shape index (κ2) is 7.68. The van der Waals surface area contributed by atoms with Crippen LogP contribution in [-0.4, -0.2) is 36.5 Å². The van der Waals surface area contributed by atoms with Crippen molar-refractivity contribution >= 4 is 5.91 Å². The van der Waals surface area contributed by atoms with E-state index in [0.717, 1.165) is 25.6 Å². The van der Waals surface area contributed by atoms with Crippen LogP contribution >= 0.6 is 0 Å². The molecule has 0 radical (unpaired) electrons. The first-order chi connectivity index (χ1) is 9.27. The zero-order chi connectivity index (χ0) is 13.5. The molecule has 1 aliphatic carbocycles. The fourth-order valence-electron chi connectivity index (χ4n) is 3.16. The third kappa shape index (κ3) is 4.64. The van der Waals surface area contributed by atoms with Gasteiger partial charge >= 0.3 is 0 Å². The summed E-state index contributed by atoms with van der Waals surface area (Å²) in [6.07, 6.45) is 12.6. The monoisotopic (exact) mass is 264 g/mol. The molecule has 0 aromatic rings. The van der Waals surface area contributed by atoms with Crippen LogP contribution in [0.2, 0.25) is 0 Å². The number of carbonyl (C=O) groups excluding carboxylic acids is 1. The van der Waals surface area contributed by atoms with Crippen molar-refractivity contribution in [2.24, 2.45) is 5.92 Å². The number of nitrogens with one attached hydrogen (secondary N) is 1. The van der Waals surface area contributed by atoms with Gasteiger partial charge in [0, 0.05) is 25.6 Å². The van der Waals surface area contributed by atoms with E-state index in [1.54, 1.807) is 0 Å². The molecule has 1 saturated heterocycles. The minimum atomic E-state index is 0.336. The van der Waals surface area contributed by atoms with Crippen molar-refractivity contribution in [2.75, 3.05) is 19.6 Å². The minimum absolute atomic E-state index is 0.336. The first-order valence-electron chi connectivity index (χ1n) is 7.92. The lowest BCUT2D eigenvalue weighted by molar-refractivity contribution is -0.134. The molecule has 0 aromatic carbocycles. The van der Waals surface area contributed by atoms with Crippen molar-refractivity contribution in [3.05, 3.63) is 12.2 Å². The third-order valence-corrected chi connectivity index (χ3v) is 4.45. The highest BCUT2D eigenvalue weighted by Gasteiger charge is 2.22. The molecule has 0 bridgehead atoms. The van der Waals surface area contributed by atoms with E-state index >= 15 is 0 Å². The second-order valence-electron chi connectivity index (χ2n) is 6.04. The molecule has 2 aliphatic rings. The second-order valence-corrected chi connectivity index (χ2v) is 6.04. The van der Waals surface area contributed by atoms with Gasteiger partial charge in [-0.25, -0.2) is 0 Å². The summed E-state index contributed by atoms with van der Waals surface area (Å²) in [5, 5.41) is 3.46. The lowest BCUT2D eigenvalue weighted by Gasteiger charge is -2.33. The first-order valence-corrected chi connectivity index (χ1v) is 7.92. The van der Waals surface area contributed by atoms with Gasteiger partial charge in [0.1, 0.15) is 0 Å². The van der Waals surface area contributed by atoms with Crippen molar-refractivity contribution in [3.63, 3.8) is 0 Å². The molecule has 2 atom stereocenters. The van der Waals surface area contributed by atoms with Gasteiger partial charge in [0.25, 0.3) is 0 Å². The van der Waals surface area contributed by atoms with Gasteiger partial charge < -0.3 is 10.2 Å². The predicted molar refractivity (Wildman–Crippen MR) is 79.0 cm³/mol. The molecular formula is C16H28N2O. The van der Waals surface area contributed by atoms with E-state index in [4.69, 9.17) is 0 Å². The first kappa shape index (κ1) is 14.6. The molecule has 0 aromatic heterocycles. The maximum atomic E-state index is 12.1. The lowest BCUT2D eigenvalue weighted by Crippen LogP contribution is -2.43. The standard InChI is InChI=1S/C16H28N2O/c1-14-7-5-6-12-18(14)16(19)10-11-17-13-15-8-3-2-4-9-15/h2-3,14-15,17H,4-13H2,1H3/t14-,15-/m1/s1. The smallest absolute Gasteiger partial charge is 0.224 e. The third-order valence-electron chi connectivity index (χ3n) is 4.45. The van der Waals surface area contributed by atoms with Crippen LogP contribution < -0.4 is 5.32 Å². The van der Waals surface area contributed by atoms with Gasteiger partial charge in [-0.1, -0.05) is 12.2 Å². The van der Waals surface area contributed by atoms with Gasteiger partial charge in [-0.05, 0) is 57.9 Å². The fourth-order valence-corrected chi connectivity index (χ4v) is 3.16. The molecule has 0 spiro atoms. The van der Waals surface area contributed by atoms with Crippen LogP contribution in [0.1, 0.15) is 51.9 Å². The van der Waals surface area contributed by atoms with E-state index in [1.807, 2.05) is 0 Å². The quantitative estimate of drug-likeness (QED) is 0.611. The Kier molecular flexibility index (Phi) is 5.90. The molecule has 0 unspecified atom stereocenters. The molecule has 2 rings (SSSR count). The van der Waals surface area contributed by atoms with Gasteiger partial charge in [-0.3, -0.25) is 4.79 Å². The predicted octanol–water partition coefficient (Wildman–Crippen LogP) is 2.72. The molecule has 3 nitrogen and oxygen atoms in total. The molecule has 1 aliphatic heterocycles. The number of nitrogens with zero attached hydrogens (tertiary/aromatic N) is 1. The van der Waals surface area contributed by atoms with E-state index in [9.17, 15) is 4.79 Å². The van der Waals surface area contributed by atoms with Crippen LogP contribution in [0.25, 0.3) is 0 Å². The summed E-state index contributed by atoms with van der Waals surface area (Å²) >= 11 is 0. The van der Waals surface area contributed by atoms with E-state index in [1.165, 1.54) is 38.5 Å². The summed E-state index contributed by atoms with van der Waals surface area (Å²) in [5.41, 5.74) is 0. The summed E-state index contributed by atoms with van der Waals surface area (Å²) in [4.78, 5) is 14.2. The lowest BCUT2D eigenvalue weighted by atomic mass is 9.94. The fraction of sp³-hybridized carbons (Fsp3) is 0.812. The summed E-state index contributed by atoms with van der Waals surface area (Å²) in [6.45, 7) is 5.04. The number of carbonyl (C=O) groups is 1. The maximum Gasteiger partial charge on any atom is 0.224 e. The van der Waals surface area contributed by atoms with Gasteiger partial charge in [0.05, 0.1) is 0 Å². The Morgan fingerprint density at radius 1 is 1.32 bits per heavy atom. The van der Waals surface area contributed by atoms with Crippen LogP contribution in [0.4, 0.5) is 0 Å². The van der Waals surface area contributed by atoms with E-state index in [-0.39, 0.29) is 0 Å².